The number of hydrogen-bond donors (Lipinski definition) is 1. The highest BCUT2D eigenvalue weighted by Gasteiger charge is 2.44. The van der Waals surface area contributed by atoms with Crippen molar-refractivity contribution in [2.45, 2.75) is 43.8 Å². The molecule has 1 aliphatic carbocycles. The van der Waals surface area contributed by atoms with Crippen LogP contribution in [0.15, 0.2) is 0 Å². The van der Waals surface area contributed by atoms with E-state index in [-0.39, 0.29) is 19.3 Å². The first-order chi connectivity index (χ1) is 7.59. The van der Waals surface area contributed by atoms with E-state index in [1.54, 1.807) is 0 Å². The minimum Gasteiger partial charge on any atom is -0.367 e. The Morgan fingerprint density at radius 2 is 1.65 bits per heavy atom. The molecule has 102 valence electrons. The predicted octanol–water partition coefficient (Wildman–Crippen LogP) is 2.62. The minimum atomic E-state index is -4.49. The summed E-state index contributed by atoms with van der Waals surface area (Å²) >= 11 is 0. The van der Waals surface area contributed by atoms with Crippen molar-refractivity contribution < 1.29 is 31.1 Å². The first kappa shape index (κ1) is 14.6. The summed E-state index contributed by atoms with van der Waals surface area (Å²) in [5, 5.41) is 0. The first-order valence-electron chi connectivity index (χ1n) is 5.10. The van der Waals surface area contributed by atoms with E-state index >= 15 is 0 Å². The van der Waals surface area contributed by atoms with Crippen molar-refractivity contribution in [3.8, 4) is 0 Å². The van der Waals surface area contributed by atoms with Gasteiger partial charge < -0.3 is 10.5 Å². The average molecular weight is 265 g/mol. The van der Waals surface area contributed by atoms with Gasteiger partial charge in [0.25, 0.3) is 0 Å². The standard InChI is InChI=1S/C9H13F6NO/c10-8(11,12)4-17-7-2-1-5(3-6(7)16)9(13,14)15/h5-7H,1-4,16H2/t5-,6-,7+/m1/s1. The average Bonchev–Trinajstić information content (AvgIpc) is 2.12. The molecule has 1 aliphatic rings. The van der Waals surface area contributed by atoms with Crippen LogP contribution >= 0.6 is 0 Å². The molecule has 8 heteroatoms. The van der Waals surface area contributed by atoms with E-state index in [1.807, 2.05) is 0 Å². The van der Waals surface area contributed by atoms with Crippen molar-refractivity contribution >= 4 is 0 Å². The molecule has 2 N–H and O–H groups in total. The molecular weight excluding hydrogens is 252 g/mol. The van der Waals surface area contributed by atoms with Crippen molar-refractivity contribution in [1.82, 2.24) is 0 Å². The molecule has 2 nitrogen and oxygen atoms in total. The number of ether oxygens (including phenoxy) is 1. The normalized spacial score (nSPS) is 31.6. The lowest BCUT2D eigenvalue weighted by Crippen LogP contribution is -2.46. The summed E-state index contributed by atoms with van der Waals surface area (Å²) in [6.07, 6.45) is -10.5. The smallest absolute Gasteiger partial charge is 0.367 e. The highest BCUT2D eigenvalue weighted by atomic mass is 19.4. The third kappa shape index (κ3) is 4.71. The van der Waals surface area contributed by atoms with E-state index in [0.717, 1.165) is 0 Å². The van der Waals surface area contributed by atoms with Gasteiger partial charge in [0.15, 0.2) is 0 Å². The van der Waals surface area contributed by atoms with Crippen molar-refractivity contribution in [2.75, 3.05) is 6.61 Å². The maximum atomic E-state index is 12.3. The highest BCUT2D eigenvalue weighted by Crippen LogP contribution is 2.38. The second-order valence-corrected chi connectivity index (χ2v) is 4.18. The molecule has 0 aromatic rings. The fourth-order valence-electron chi connectivity index (χ4n) is 1.88. The van der Waals surface area contributed by atoms with Gasteiger partial charge in [-0.2, -0.15) is 26.3 Å². The number of nitrogens with two attached hydrogens (primary N) is 1. The van der Waals surface area contributed by atoms with Crippen LogP contribution in [0, 0.1) is 5.92 Å². The summed E-state index contributed by atoms with van der Waals surface area (Å²) in [4.78, 5) is 0. The molecule has 1 fully saturated rings. The zero-order valence-corrected chi connectivity index (χ0v) is 8.81. The van der Waals surface area contributed by atoms with E-state index in [0.29, 0.717) is 0 Å². The highest BCUT2D eigenvalue weighted by molar-refractivity contribution is 4.86. The van der Waals surface area contributed by atoms with E-state index in [4.69, 9.17) is 5.73 Å². The molecule has 3 atom stereocenters. The first-order valence-corrected chi connectivity index (χ1v) is 5.10. The van der Waals surface area contributed by atoms with Crippen molar-refractivity contribution in [1.29, 1.82) is 0 Å². The van der Waals surface area contributed by atoms with Gasteiger partial charge >= 0.3 is 12.4 Å². The molecule has 1 saturated carbocycles. The molecule has 0 saturated heterocycles. The molecule has 0 radical (unpaired) electrons. The molecule has 17 heavy (non-hydrogen) atoms. The zero-order valence-electron chi connectivity index (χ0n) is 8.81. The fourth-order valence-corrected chi connectivity index (χ4v) is 1.88. The summed E-state index contributed by atoms with van der Waals surface area (Å²) in [7, 11) is 0. The summed E-state index contributed by atoms with van der Waals surface area (Å²) < 4.78 is 77.1. The van der Waals surface area contributed by atoms with E-state index < -0.39 is 37.0 Å². The Kier molecular flexibility index (Phi) is 4.29. The van der Waals surface area contributed by atoms with Gasteiger partial charge in [0, 0.05) is 6.04 Å². The molecule has 0 amide bonds. The van der Waals surface area contributed by atoms with Crippen LogP contribution in [0.25, 0.3) is 0 Å². The molecule has 0 aromatic carbocycles. The van der Waals surface area contributed by atoms with Crippen LogP contribution in [-0.4, -0.2) is 31.1 Å². The Hall–Kier alpha value is -0.500. The van der Waals surface area contributed by atoms with Gasteiger partial charge in [-0.15, -0.1) is 0 Å². The number of hydrogen-bond acceptors (Lipinski definition) is 2. The Labute approximate surface area is 94.1 Å². The summed E-state index contributed by atoms with van der Waals surface area (Å²) in [6, 6.07) is -1.00. The van der Waals surface area contributed by atoms with Crippen LogP contribution in [0.5, 0.6) is 0 Å². The van der Waals surface area contributed by atoms with Gasteiger partial charge in [-0.1, -0.05) is 0 Å². The van der Waals surface area contributed by atoms with Gasteiger partial charge in [0.05, 0.1) is 12.0 Å². The van der Waals surface area contributed by atoms with Crippen molar-refractivity contribution in [3.63, 3.8) is 0 Å². The maximum absolute atomic E-state index is 12.3. The maximum Gasteiger partial charge on any atom is 0.411 e. The summed E-state index contributed by atoms with van der Waals surface area (Å²) in [5.74, 6) is -1.54. The number of halogens is 6. The van der Waals surface area contributed by atoms with Gasteiger partial charge in [-0.05, 0) is 19.3 Å². The monoisotopic (exact) mass is 265 g/mol. The fraction of sp³-hybridized carbons (Fsp3) is 1.00. The molecule has 1 rings (SSSR count). The lowest BCUT2D eigenvalue weighted by molar-refractivity contribution is -0.208. The van der Waals surface area contributed by atoms with Crippen molar-refractivity contribution in [3.05, 3.63) is 0 Å². The summed E-state index contributed by atoms with van der Waals surface area (Å²) in [6.45, 7) is -1.47. The van der Waals surface area contributed by atoms with Crippen LogP contribution < -0.4 is 5.73 Å². The van der Waals surface area contributed by atoms with Crippen LogP contribution in [0.3, 0.4) is 0 Å². The summed E-state index contributed by atoms with van der Waals surface area (Å²) in [5.41, 5.74) is 5.40. The molecule has 0 unspecified atom stereocenters. The quantitative estimate of drug-likeness (QED) is 0.779. The molecule has 0 heterocycles. The van der Waals surface area contributed by atoms with E-state index in [2.05, 4.69) is 4.74 Å². The predicted molar refractivity (Wildman–Crippen MR) is 47.2 cm³/mol. The van der Waals surface area contributed by atoms with Gasteiger partial charge in [0.2, 0.25) is 0 Å². The van der Waals surface area contributed by atoms with Crippen LogP contribution in [0.1, 0.15) is 19.3 Å². The number of rotatable bonds is 2. The molecule has 0 aliphatic heterocycles. The number of alkyl halides is 6. The Morgan fingerprint density at radius 3 is 2.06 bits per heavy atom. The molecule has 0 bridgehead atoms. The molecule has 0 aromatic heterocycles. The van der Waals surface area contributed by atoms with Crippen molar-refractivity contribution in [2.24, 2.45) is 11.7 Å². The second-order valence-electron chi connectivity index (χ2n) is 4.18. The third-order valence-corrected chi connectivity index (χ3v) is 2.76. The topological polar surface area (TPSA) is 35.2 Å². The second kappa shape index (κ2) is 5.01. The lowest BCUT2D eigenvalue weighted by atomic mass is 9.84. The lowest BCUT2D eigenvalue weighted by Gasteiger charge is -2.34. The van der Waals surface area contributed by atoms with Crippen LogP contribution in [0.2, 0.25) is 0 Å². The van der Waals surface area contributed by atoms with Gasteiger partial charge in [-0.3, -0.25) is 0 Å². The SMILES string of the molecule is N[C@@H]1C[C@H](C(F)(F)F)CC[C@@H]1OCC(F)(F)F. The molecular formula is C9H13F6NO. The van der Waals surface area contributed by atoms with E-state index in [9.17, 15) is 26.3 Å². The Bertz CT molecular complexity index is 251. The molecule has 0 spiro atoms. The zero-order chi connectivity index (χ0) is 13.3. The minimum absolute atomic E-state index is 0.0958. The Balaban J connectivity index is 2.43. The van der Waals surface area contributed by atoms with E-state index in [1.165, 1.54) is 0 Å². The van der Waals surface area contributed by atoms with Gasteiger partial charge in [-0.25, -0.2) is 0 Å². The largest absolute Gasteiger partial charge is 0.411 e. The van der Waals surface area contributed by atoms with Gasteiger partial charge in [0.1, 0.15) is 6.61 Å². The van der Waals surface area contributed by atoms with Crippen LogP contribution in [-0.2, 0) is 4.74 Å². The Morgan fingerprint density at radius 1 is 1.06 bits per heavy atom. The third-order valence-electron chi connectivity index (χ3n) is 2.76. The van der Waals surface area contributed by atoms with Crippen LogP contribution in [0.4, 0.5) is 26.3 Å².